The van der Waals surface area contributed by atoms with Gasteiger partial charge in [-0.15, -0.1) is 0 Å². The monoisotopic (exact) mass is 544 g/mol. The van der Waals surface area contributed by atoms with Crippen LogP contribution in [-0.2, 0) is 16.8 Å². The molecular weight excluding hydrogens is 500 g/mol. The Morgan fingerprint density at radius 1 is 0.950 bits per heavy atom. The molecule has 6 nitrogen and oxygen atoms in total. The molecule has 1 atom stereocenters. The van der Waals surface area contributed by atoms with Crippen LogP contribution in [0.1, 0.15) is 92.8 Å². The number of benzene rings is 3. The van der Waals surface area contributed by atoms with Gasteiger partial charge in [0.2, 0.25) is 5.91 Å². The molecule has 3 rings (SSSR count). The molecule has 0 heterocycles. The molecule has 2 amide bonds. The van der Waals surface area contributed by atoms with Crippen molar-refractivity contribution < 1.29 is 19.1 Å². The van der Waals surface area contributed by atoms with Gasteiger partial charge in [0.05, 0.1) is 7.11 Å². The standard InChI is InChI=1S/C34H44N2O4/c1-7-8-10-15-25(28-18-17-27(22-31(28)39-6)40-23-24-13-11-9-12-14-24)21-32(37)36-30-20-26(33(38)35-5)16-19-29(30)34(2,3)4/h9,11-14,16-20,22,25H,7-8,10,15,21,23H2,1-6H3,(H,35,38)(H,36,37). The van der Waals surface area contributed by atoms with Crippen molar-refractivity contribution in [2.24, 2.45) is 0 Å². The van der Waals surface area contributed by atoms with Crippen LogP contribution in [0.15, 0.2) is 66.7 Å². The van der Waals surface area contributed by atoms with Gasteiger partial charge in [0, 0.05) is 30.8 Å². The fraction of sp³-hybridized carbons (Fsp3) is 0.412. The molecule has 0 aliphatic carbocycles. The van der Waals surface area contributed by atoms with Crippen LogP contribution >= 0.6 is 0 Å². The molecule has 0 spiro atoms. The van der Waals surface area contributed by atoms with Crippen LogP contribution in [-0.4, -0.2) is 26.0 Å². The van der Waals surface area contributed by atoms with Crippen molar-refractivity contribution in [3.63, 3.8) is 0 Å². The van der Waals surface area contributed by atoms with E-state index in [1.807, 2.05) is 54.6 Å². The molecule has 0 saturated heterocycles. The van der Waals surface area contributed by atoms with Gasteiger partial charge in [-0.05, 0) is 52.6 Å². The Balaban J connectivity index is 1.83. The average molecular weight is 545 g/mol. The molecule has 0 aliphatic heterocycles. The second-order valence-corrected chi connectivity index (χ2v) is 11.2. The molecule has 6 heteroatoms. The van der Waals surface area contributed by atoms with E-state index in [9.17, 15) is 9.59 Å². The molecule has 2 N–H and O–H groups in total. The molecule has 0 bridgehead atoms. The predicted molar refractivity (Wildman–Crippen MR) is 162 cm³/mol. The fourth-order valence-electron chi connectivity index (χ4n) is 4.88. The van der Waals surface area contributed by atoms with E-state index in [0.717, 1.165) is 53.9 Å². The summed E-state index contributed by atoms with van der Waals surface area (Å²) in [6.45, 7) is 8.93. The number of carbonyl (C=O) groups is 2. The number of nitrogens with one attached hydrogen (secondary N) is 2. The van der Waals surface area contributed by atoms with Crippen LogP contribution in [0.3, 0.4) is 0 Å². The summed E-state index contributed by atoms with van der Waals surface area (Å²) in [7, 11) is 3.26. The first-order valence-electron chi connectivity index (χ1n) is 14.2. The molecule has 40 heavy (non-hydrogen) atoms. The number of ether oxygens (including phenoxy) is 2. The number of unbranched alkanes of at least 4 members (excludes halogenated alkanes) is 2. The summed E-state index contributed by atoms with van der Waals surface area (Å²) in [6, 6.07) is 21.4. The molecule has 3 aromatic carbocycles. The Kier molecular flexibility index (Phi) is 11.2. The molecule has 214 valence electrons. The van der Waals surface area contributed by atoms with E-state index in [2.05, 4.69) is 38.3 Å². The van der Waals surface area contributed by atoms with E-state index in [4.69, 9.17) is 9.47 Å². The lowest BCUT2D eigenvalue weighted by molar-refractivity contribution is -0.116. The Labute approximate surface area is 239 Å². The van der Waals surface area contributed by atoms with E-state index in [0.29, 0.717) is 24.3 Å². The lowest BCUT2D eigenvalue weighted by Crippen LogP contribution is -2.23. The van der Waals surface area contributed by atoms with Crippen LogP contribution < -0.4 is 20.1 Å². The minimum atomic E-state index is -0.205. The highest BCUT2D eigenvalue weighted by molar-refractivity contribution is 5.98. The maximum absolute atomic E-state index is 13.5. The largest absolute Gasteiger partial charge is 0.496 e. The zero-order chi connectivity index (χ0) is 29.1. The van der Waals surface area contributed by atoms with E-state index in [1.54, 1.807) is 26.3 Å². The Morgan fingerprint density at radius 2 is 1.70 bits per heavy atom. The maximum Gasteiger partial charge on any atom is 0.251 e. The van der Waals surface area contributed by atoms with Crippen molar-refractivity contribution in [1.82, 2.24) is 5.32 Å². The van der Waals surface area contributed by atoms with Crippen LogP contribution in [0.2, 0.25) is 0 Å². The summed E-state index contributed by atoms with van der Waals surface area (Å²) in [5.41, 5.74) is 4.04. The highest BCUT2D eigenvalue weighted by atomic mass is 16.5. The lowest BCUT2D eigenvalue weighted by Gasteiger charge is -2.25. The molecule has 3 aromatic rings. The van der Waals surface area contributed by atoms with Crippen LogP contribution in [0.25, 0.3) is 0 Å². The molecule has 1 unspecified atom stereocenters. The van der Waals surface area contributed by atoms with E-state index >= 15 is 0 Å². The third-order valence-electron chi connectivity index (χ3n) is 7.07. The molecule has 0 fully saturated rings. The second kappa shape index (κ2) is 14.5. The van der Waals surface area contributed by atoms with Crippen LogP contribution in [0.4, 0.5) is 5.69 Å². The fourth-order valence-corrected chi connectivity index (χ4v) is 4.88. The van der Waals surface area contributed by atoms with Crippen molar-refractivity contribution in [3.8, 4) is 11.5 Å². The average Bonchev–Trinajstić information content (AvgIpc) is 2.95. The summed E-state index contributed by atoms with van der Waals surface area (Å²) in [5.74, 6) is 1.14. The number of amides is 2. The van der Waals surface area contributed by atoms with Crippen LogP contribution in [0, 0.1) is 0 Å². The number of hydrogen-bond acceptors (Lipinski definition) is 4. The van der Waals surface area contributed by atoms with Gasteiger partial charge in [-0.25, -0.2) is 0 Å². The minimum absolute atomic E-state index is 0.0233. The summed E-state index contributed by atoms with van der Waals surface area (Å²) in [4.78, 5) is 25.8. The number of rotatable bonds is 13. The van der Waals surface area contributed by atoms with E-state index in [-0.39, 0.29) is 23.1 Å². The molecule has 0 aliphatic rings. The summed E-state index contributed by atoms with van der Waals surface area (Å²) >= 11 is 0. The molecule has 0 aromatic heterocycles. The Morgan fingerprint density at radius 3 is 2.35 bits per heavy atom. The van der Waals surface area contributed by atoms with E-state index < -0.39 is 0 Å². The van der Waals surface area contributed by atoms with Crippen molar-refractivity contribution in [2.75, 3.05) is 19.5 Å². The van der Waals surface area contributed by atoms with Gasteiger partial charge in [0.25, 0.3) is 5.91 Å². The van der Waals surface area contributed by atoms with Gasteiger partial charge in [-0.1, -0.05) is 89.4 Å². The third-order valence-corrected chi connectivity index (χ3v) is 7.07. The Hall–Kier alpha value is -3.80. The van der Waals surface area contributed by atoms with Crippen molar-refractivity contribution in [1.29, 1.82) is 0 Å². The van der Waals surface area contributed by atoms with Gasteiger partial charge in [0.15, 0.2) is 0 Å². The zero-order valence-electron chi connectivity index (χ0n) is 24.8. The normalized spacial score (nSPS) is 11.9. The minimum Gasteiger partial charge on any atom is -0.496 e. The topological polar surface area (TPSA) is 76.7 Å². The van der Waals surface area contributed by atoms with Gasteiger partial charge in [-0.3, -0.25) is 9.59 Å². The molecule has 0 saturated carbocycles. The summed E-state index contributed by atoms with van der Waals surface area (Å²) in [5, 5.41) is 5.79. The zero-order valence-corrected chi connectivity index (χ0v) is 24.8. The maximum atomic E-state index is 13.5. The lowest BCUT2D eigenvalue weighted by atomic mass is 9.84. The van der Waals surface area contributed by atoms with Gasteiger partial charge in [-0.2, -0.15) is 0 Å². The number of hydrogen-bond donors (Lipinski definition) is 2. The van der Waals surface area contributed by atoms with Gasteiger partial charge >= 0.3 is 0 Å². The SMILES string of the molecule is CCCCCC(CC(=O)Nc1cc(C(=O)NC)ccc1C(C)(C)C)c1ccc(OCc2ccccc2)cc1OC. The smallest absolute Gasteiger partial charge is 0.251 e. The Bertz CT molecular complexity index is 1260. The first-order chi connectivity index (χ1) is 19.2. The van der Waals surface area contributed by atoms with Crippen LogP contribution in [0.5, 0.6) is 11.5 Å². The predicted octanol–water partition coefficient (Wildman–Crippen LogP) is 7.62. The second-order valence-electron chi connectivity index (χ2n) is 11.2. The quantitative estimate of drug-likeness (QED) is 0.217. The van der Waals surface area contributed by atoms with Gasteiger partial charge < -0.3 is 20.1 Å². The molecular formula is C34H44N2O4. The third kappa shape index (κ3) is 8.60. The van der Waals surface area contributed by atoms with Crippen molar-refractivity contribution in [3.05, 3.63) is 89.0 Å². The number of methoxy groups -OCH3 is 1. The highest BCUT2D eigenvalue weighted by Gasteiger charge is 2.24. The van der Waals surface area contributed by atoms with E-state index in [1.165, 1.54) is 0 Å². The van der Waals surface area contributed by atoms with Crippen molar-refractivity contribution >= 4 is 17.5 Å². The first kappa shape index (κ1) is 30.7. The highest BCUT2D eigenvalue weighted by Crippen LogP contribution is 2.37. The molecule has 0 radical (unpaired) electrons. The van der Waals surface area contributed by atoms with Gasteiger partial charge in [0.1, 0.15) is 18.1 Å². The number of anilines is 1. The summed E-state index contributed by atoms with van der Waals surface area (Å²) in [6.07, 6.45) is 4.39. The number of carbonyl (C=O) groups excluding carboxylic acids is 2. The first-order valence-corrected chi connectivity index (χ1v) is 14.2. The van der Waals surface area contributed by atoms with Crippen molar-refractivity contribution in [2.45, 2.75) is 77.7 Å². The summed E-state index contributed by atoms with van der Waals surface area (Å²) < 4.78 is 11.8.